The number of halogens is 2. The van der Waals surface area contributed by atoms with Crippen molar-refractivity contribution >= 4 is 5.91 Å². The van der Waals surface area contributed by atoms with Crippen molar-refractivity contribution in [3.63, 3.8) is 0 Å². The topological polar surface area (TPSA) is 73.6 Å². The molecule has 1 fully saturated rings. The molecule has 134 valence electrons. The number of amides is 1. The second kappa shape index (κ2) is 7.79. The molecule has 5 nitrogen and oxygen atoms in total. The number of hydrogen-bond donors (Lipinski definition) is 2. The zero-order valence-corrected chi connectivity index (χ0v) is 14.0. The molecule has 1 aliphatic rings. The molecule has 1 aromatic rings. The van der Waals surface area contributed by atoms with Gasteiger partial charge in [-0.3, -0.25) is 4.79 Å². The molecule has 7 heteroatoms. The Morgan fingerprint density at radius 3 is 2.79 bits per heavy atom. The summed E-state index contributed by atoms with van der Waals surface area (Å²) in [6, 6.07) is 4.67. The number of nitrogens with two attached hydrogens (primary N) is 1. The van der Waals surface area contributed by atoms with Crippen LogP contribution in [-0.4, -0.2) is 25.2 Å². The molecule has 2 rings (SSSR count). The monoisotopic (exact) mass is 342 g/mol. The minimum absolute atomic E-state index is 0.0550. The van der Waals surface area contributed by atoms with E-state index < -0.39 is 12.2 Å². The van der Waals surface area contributed by atoms with Gasteiger partial charge in [0.2, 0.25) is 5.91 Å². The number of nitrogens with one attached hydrogen (secondary N) is 1. The van der Waals surface area contributed by atoms with Crippen LogP contribution in [0.4, 0.5) is 8.78 Å². The summed E-state index contributed by atoms with van der Waals surface area (Å²) in [5, 5.41) is 2.84. The Balaban J connectivity index is 2.02. The van der Waals surface area contributed by atoms with Crippen molar-refractivity contribution in [2.24, 2.45) is 11.7 Å². The molecule has 1 aliphatic carbocycles. The van der Waals surface area contributed by atoms with Gasteiger partial charge in [0.25, 0.3) is 0 Å². The van der Waals surface area contributed by atoms with Gasteiger partial charge in [-0.15, -0.1) is 0 Å². The quantitative estimate of drug-likeness (QED) is 0.834. The summed E-state index contributed by atoms with van der Waals surface area (Å²) in [5.74, 6) is -0.180. The minimum Gasteiger partial charge on any atom is -0.493 e. The molecule has 2 atom stereocenters. The second-order valence-corrected chi connectivity index (χ2v) is 6.39. The van der Waals surface area contributed by atoms with Crippen molar-refractivity contribution in [2.75, 3.05) is 7.11 Å². The molecule has 0 spiro atoms. The third-order valence-corrected chi connectivity index (χ3v) is 4.48. The molecule has 0 radical (unpaired) electrons. The second-order valence-electron chi connectivity index (χ2n) is 6.39. The number of hydrogen-bond acceptors (Lipinski definition) is 4. The van der Waals surface area contributed by atoms with Crippen molar-refractivity contribution < 1.29 is 23.0 Å². The lowest BCUT2D eigenvalue weighted by atomic mass is 9.74. The number of alkyl halides is 2. The lowest BCUT2D eigenvalue weighted by molar-refractivity contribution is -0.128. The van der Waals surface area contributed by atoms with E-state index in [1.54, 1.807) is 6.07 Å². The van der Waals surface area contributed by atoms with Crippen molar-refractivity contribution in [3.8, 4) is 11.5 Å². The highest BCUT2D eigenvalue weighted by Crippen LogP contribution is 2.32. The van der Waals surface area contributed by atoms with Crippen molar-refractivity contribution in [1.82, 2.24) is 5.32 Å². The van der Waals surface area contributed by atoms with Crippen LogP contribution in [0.2, 0.25) is 0 Å². The standard InChI is InChI=1S/C17H24F2N2O3/c1-17(20)8-4-3-5-12(17)15(22)21-10-11-6-7-13(23-2)14(9-11)24-16(18)19/h6-7,9,12,16H,3-5,8,10,20H2,1-2H3,(H,21,22). The lowest BCUT2D eigenvalue weighted by Gasteiger charge is -2.37. The Morgan fingerprint density at radius 2 is 2.17 bits per heavy atom. The molecule has 0 heterocycles. The maximum atomic E-state index is 12.4. The largest absolute Gasteiger partial charge is 0.493 e. The van der Waals surface area contributed by atoms with Gasteiger partial charge in [-0.05, 0) is 37.5 Å². The van der Waals surface area contributed by atoms with Crippen LogP contribution in [0.25, 0.3) is 0 Å². The van der Waals surface area contributed by atoms with Gasteiger partial charge in [0.05, 0.1) is 13.0 Å². The van der Waals surface area contributed by atoms with Gasteiger partial charge < -0.3 is 20.5 Å². The Morgan fingerprint density at radius 1 is 1.42 bits per heavy atom. The van der Waals surface area contributed by atoms with Gasteiger partial charge in [-0.1, -0.05) is 18.9 Å². The van der Waals surface area contributed by atoms with Gasteiger partial charge in [-0.2, -0.15) is 8.78 Å². The zero-order valence-electron chi connectivity index (χ0n) is 14.0. The fourth-order valence-corrected chi connectivity index (χ4v) is 3.12. The van der Waals surface area contributed by atoms with E-state index >= 15 is 0 Å². The molecule has 1 amide bonds. The summed E-state index contributed by atoms with van der Waals surface area (Å²) in [6.45, 7) is -0.822. The highest BCUT2D eigenvalue weighted by Gasteiger charge is 2.37. The number of benzene rings is 1. The molecule has 3 N–H and O–H groups in total. The molecule has 1 saturated carbocycles. The van der Waals surface area contributed by atoms with Crippen LogP contribution < -0.4 is 20.5 Å². The van der Waals surface area contributed by atoms with Crippen LogP contribution >= 0.6 is 0 Å². The Hall–Kier alpha value is -1.89. The number of carbonyl (C=O) groups excluding carboxylic acids is 1. The number of rotatable bonds is 6. The summed E-state index contributed by atoms with van der Waals surface area (Å²) in [6.07, 6.45) is 3.60. The Kier molecular flexibility index (Phi) is 5.99. The van der Waals surface area contributed by atoms with E-state index in [-0.39, 0.29) is 29.9 Å². The first kappa shape index (κ1) is 18.4. The molecular formula is C17H24F2N2O3. The summed E-state index contributed by atoms with van der Waals surface area (Å²) in [7, 11) is 1.38. The van der Waals surface area contributed by atoms with E-state index in [9.17, 15) is 13.6 Å². The van der Waals surface area contributed by atoms with Gasteiger partial charge in [0.15, 0.2) is 11.5 Å². The Labute approximate surface area is 140 Å². The predicted molar refractivity (Wildman–Crippen MR) is 86.0 cm³/mol. The molecule has 2 unspecified atom stereocenters. The van der Waals surface area contributed by atoms with Crippen LogP contribution in [0.5, 0.6) is 11.5 Å². The molecule has 0 aliphatic heterocycles. The lowest BCUT2D eigenvalue weighted by Crippen LogP contribution is -2.52. The number of methoxy groups -OCH3 is 1. The van der Waals surface area contributed by atoms with E-state index in [2.05, 4.69) is 10.1 Å². The molecule has 1 aromatic carbocycles. The summed E-state index contributed by atoms with van der Waals surface area (Å²) < 4.78 is 34.3. The predicted octanol–water partition coefficient (Wildman–Crippen LogP) is 2.82. The number of ether oxygens (including phenoxy) is 2. The first-order valence-electron chi connectivity index (χ1n) is 8.02. The van der Waals surface area contributed by atoms with E-state index in [1.807, 2.05) is 6.92 Å². The summed E-state index contributed by atoms with van der Waals surface area (Å²) >= 11 is 0. The van der Waals surface area contributed by atoms with E-state index in [1.165, 1.54) is 19.2 Å². The normalized spacial score (nSPS) is 23.8. The average molecular weight is 342 g/mol. The minimum atomic E-state index is -2.94. The first-order valence-corrected chi connectivity index (χ1v) is 8.02. The van der Waals surface area contributed by atoms with Gasteiger partial charge in [-0.25, -0.2) is 0 Å². The zero-order chi connectivity index (χ0) is 17.7. The molecular weight excluding hydrogens is 318 g/mol. The van der Waals surface area contributed by atoms with Crippen LogP contribution in [0.15, 0.2) is 18.2 Å². The maximum Gasteiger partial charge on any atom is 0.387 e. The van der Waals surface area contributed by atoms with Gasteiger partial charge in [0, 0.05) is 12.1 Å². The summed E-state index contributed by atoms with van der Waals surface area (Å²) in [4.78, 5) is 12.4. The van der Waals surface area contributed by atoms with E-state index in [0.29, 0.717) is 5.56 Å². The fourth-order valence-electron chi connectivity index (χ4n) is 3.12. The Bertz CT molecular complexity index is 579. The molecule has 0 bridgehead atoms. The van der Waals surface area contributed by atoms with Crippen LogP contribution in [-0.2, 0) is 11.3 Å². The maximum absolute atomic E-state index is 12.4. The van der Waals surface area contributed by atoms with E-state index in [4.69, 9.17) is 10.5 Å². The van der Waals surface area contributed by atoms with Crippen LogP contribution in [0, 0.1) is 5.92 Å². The first-order chi connectivity index (χ1) is 11.3. The van der Waals surface area contributed by atoms with Gasteiger partial charge >= 0.3 is 6.61 Å². The third kappa shape index (κ3) is 4.56. The highest BCUT2D eigenvalue weighted by atomic mass is 19.3. The highest BCUT2D eigenvalue weighted by molar-refractivity contribution is 5.80. The van der Waals surface area contributed by atoms with Gasteiger partial charge in [0.1, 0.15) is 0 Å². The smallest absolute Gasteiger partial charge is 0.387 e. The van der Waals surface area contributed by atoms with Crippen molar-refractivity contribution in [1.29, 1.82) is 0 Å². The molecule has 0 aromatic heterocycles. The summed E-state index contributed by atoms with van der Waals surface area (Å²) in [5.41, 5.74) is 6.37. The average Bonchev–Trinajstić information content (AvgIpc) is 2.52. The van der Waals surface area contributed by atoms with Crippen LogP contribution in [0.3, 0.4) is 0 Å². The van der Waals surface area contributed by atoms with Crippen molar-refractivity contribution in [2.45, 2.75) is 51.3 Å². The SMILES string of the molecule is COc1ccc(CNC(=O)C2CCCCC2(C)N)cc1OC(F)F. The third-order valence-electron chi connectivity index (χ3n) is 4.48. The number of carbonyl (C=O) groups is 1. The van der Waals surface area contributed by atoms with Crippen molar-refractivity contribution in [3.05, 3.63) is 23.8 Å². The van der Waals surface area contributed by atoms with E-state index in [0.717, 1.165) is 25.7 Å². The fraction of sp³-hybridized carbons (Fsp3) is 0.588. The molecule has 0 saturated heterocycles. The molecule has 24 heavy (non-hydrogen) atoms. The van der Waals surface area contributed by atoms with Crippen LogP contribution in [0.1, 0.15) is 38.2 Å².